The minimum Gasteiger partial charge on any atom is -0.455 e. The Hall–Kier alpha value is -6.38. The zero-order valence-electron chi connectivity index (χ0n) is 26.0. The van der Waals surface area contributed by atoms with Gasteiger partial charge >= 0.3 is 0 Å². The molecule has 0 amide bonds. The van der Waals surface area contributed by atoms with Gasteiger partial charge in [0.05, 0.1) is 5.39 Å². The molecule has 8 aromatic carbocycles. The quantitative estimate of drug-likeness (QED) is 0.185. The van der Waals surface area contributed by atoms with Crippen LogP contribution in [-0.2, 0) is 0 Å². The van der Waals surface area contributed by atoms with Gasteiger partial charge in [-0.25, -0.2) is 0 Å². The average molecular weight is 613 g/mol. The molecule has 2 heteroatoms. The van der Waals surface area contributed by atoms with E-state index in [2.05, 4.69) is 152 Å². The Morgan fingerprint density at radius 1 is 0.333 bits per heavy atom. The molecule has 0 saturated carbocycles. The molecule has 0 aliphatic rings. The van der Waals surface area contributed by atoms with Crippen molar-refractivity contribution in [1.29, 1.82) is 0 Å². The lowest BCUT2D eigenvalue weighted by Crippen LogP contribution is -1.92. The molecule has 0 aliphatic carbocycles. The van der Waals surface area contributed by atoms with Gasteiger partial charge in [-0.1, -0.05) is 152 Å². The van der Waals surface area contributed by atoms with Crippen LogP contribution in [0.2, 0.25) is 0 Å². The highest BCUT2D eigenvalue weighted by Crippen LogP contribution is 2.48. The van der Waals surface area contributed by atoms with Crippen LogP contribution >= 0.6 is 0 Å². The molecular weight excluding hydrogens is 585 g/mol. The Labute approximate surface area is 277 Å². The Bertz CT molecular complexity index is 2760. The van der Waals surface area contributed by atoms with Crippen LogP contribution in [0, 0.1) is 0 Å². The fourth-order valence-corrected chi connectivity index (χ4v) is 7.60. The third-order valence-corrected chi connectivity index (χ3v) is 9.69. The van der Waals surface area contributed by atoms with Gasteiger partial charge < -0.3 is 8.83 Å². The summed E-state index contributed by atoms with van der Waals surface area (Å²) in [7, 11) is 0. The summed E-state index contributed by atoms with van der Waals surface area (Å²) < 4.78 is 13.4. The lowest BCUT2D eigenvalue weighted by Gasteiger charge is -2.19. The Balaban J connectivity index is 1.28. The number of rotatable bonds is 4. The van der Waals surface area contributed by atoms with Crippen molar-refractivity contribution in [2.24, 2.45) is 0 Å². The molecule has 2 heterocycles. The lowest BCUT2D eigenvalue weighted by atomic mass is 9.83. The molecule has 0 radical (unpaired) electrons. The molecule has 224 valence electrons. The minimum atomic E-state index is 0.820. The normalized spacial score (nSPS) is 11.8. The van der Waals surface area contributed by atoms with Gasteiger partial charge in [0, 0.05) is 27.5 Å². The van der Waals surface area contributed by atoms with Crippen molar-refractivity contribution in [3.63, 3.8) is 0 Å². The summed E-state index contributed by atoms with van der Waals surface area (Å²) in [5.74, 6) is 0.854. The highest BCUT2D eigenvalue weighted by atomic mass is 16.3. The van der Waals surface area contributed by atoms with Crippen LogP contribution in [0.15, 0.2) is 179 Å². The van der Waals surface area contributed by atoms with Crippen molar-refractivity contribution in [1.82, 2.24) is 0 Å². The molecule has 0 unspecified atom stereocenters. The Morgan fingerprint density at radius 3 is 1.52 bits per heavy atom. The molecule has 0 atom stereocenters. The van der Waals surface area contributed by atoms with E-state index in [0.29, 0.717) is 0 Å². The van der Waals surface area contributed by atoms with Crippen molar-refractivity contribution in [2.45, 2.75) is 0 Å². The first-order chi connectivity index (χ1) is 23.8. The molecule has 0 spiro atoms. The SMILES string of the molecule is c1ccc(-c2cc3ccc4oc5c(-c6c7ccccc7c(-c7ccccc7-c7ccccc7)c7ccccc67)cccc5c4c3o2)cc1. The van der Waals surface area contributed by atoms with Crippen LogP contribution in [-0.4, -0.2) is 0 Å². The zero-order chi connectivity index (χ0) is 31.6. The number of furan rings is 2. The molecule has 48 heavy (non-hydrogen) atoms. The fraction of sp³-hybridized carbons (Fsp3) is 0. The minimum absolute atomic E-state index is 0.820. The largest absolute Gasteiger partial charge is 0.455 e. The van der Waals surface area contributed by atoms with E-state index in [4.69, 9.17) is 8.83 Å². The predicted octanol–water partition coefficient (Wildman–Crippen LogP) is 13.3. The first-order valence-electron chi connectivity index (χ1n) is 16.4. The zero-order valence-corrected chi connectivity index (χ0v) is 26.0. The number of benzene rings is 8. The second-order valence-electron chi connectivity index (χ2n) is 12.4. The summed E-state index contributed by atoms with van der Waals surface area (Å²) in [6.07, 6.45) is 0. The highest BCUT2D eigenvalue weighted by molar-refractivity contribution is 6.26. The fourth-order valence-electron chi connectivity index (χ4n) is 7.60. The van der Waals surface area contributed by atoms with Gasteiger partial charge in [-0.15, -0.1) is 0 Å². The maximum absolute atomic E-state index is 6.79. The lowest BCUT2D eigenvalue weighted by molar-refractivity contribution is 0.633. The molecular formula is C46H28O2. The average Bonchev–Trinajstić information content (AvgIpc) is 3.77. The van der Waals surface area contributed by atoms with Crippen LogP contribution in [0.25, 0.3) is 99.2 Å². The maximum Gasteiger partial charge on any atom is 0.146 e. The van der Waals surface area contributed by atoms with Crippen molar-refractivity contribution < 1.29 is 8.83 Å². The molecule has 0 fully saturated rings. The Morgan fingerprint density at radius 2 is 0.854 bits per heavy atom. The third-order valence-electron chi connectivity index (χ3n) is 9.69. The monoisotopic (exact) mass is 612 g/mol. The number of fused-ring (bicyclic) bond motifs is 7. The van der Waals surface area contributed by atoms with E-state index in [1.807, 2.05) is 18.2 Å². The first-order valence-corrected chi connectivity index (χ1v) is 16.4. The maximum atomic E-state index is 6.79. The van der Waals surface area contributed by atoms with Gasteiger partial charge in [-0.3, -0.25) is 0 Å². The van der Waals surface area contributed by atoms with Gasteiger partial charge in [0.1, 0.15) is 22.5 Å². The van der Waals surface area contributed by atoms with E-state index >= 15 is 0 Å². The van der Waals surface area contributed by atoms with Crippen molar-refractivity contribution in [3.05, 3.63) is 170 Å². The van der Waals surface area contributed by atoms with E-state index in [9.17, 15) is 0 Å². The van der Waals surface area contributed by atoms with Crippen molar-refractivity contribution >= 4 is 54.5 Å². The second kappa shape index (κ2) is 10.6. The molecule has 0 N–H and O–H groups in total. The van der Waals surface area contributed by atoms with Gasteiger partial charge in [-0.2, -0.15) is 0 Å². The van der Waals surface area contributed by atoms with Crippen LogP contribution in [0.4, 0.5) is 0 Å². The van der Waals surface area contributed by atoms with E-state index in [1.165, 1.54) is 49.4 Å². The van der Waals surface area contributed by atoms with E-state index in [1.54, 1.807) is 0 Å². The smallest absolute Gasteiger partial charge is 0.146 e. The molecule has 10 aromatic rings. The van der Waals surface area contributed by atoms with Crippen molar-refractivity contribution in [2.75, 3.05) is 0 Å². The van der Waals surface area contributed by atoms with Crippen LogP contribution in [0.3, 0.4) is 0 Å². The van der Waals surface area contributed by atoms with Crippen LogP contribution in [0.5, 0.6) is 0 Å². The predicted molar refractivity (Wildman–Crippen MR) is 200 cm³/mol. The summed E-state index contributed by atoms with van der Waals surface area (Å²) in [6.45, 7) is 0. The molecule has 2 aromatic heterocycles. The molecule has 0 saturated heterocycles. The van der Waals surface area contributed by atoms with Crippen LogP contribution in [0.1, 0.15) is 0 Å². The summed E-state index contributed by atoms with van der Waals surface area (Å²) in [4.78, 5) is 0. The van der Waals surface area contributed by atoms with Gasteiger partial charge in [0.25, 0.3) is 0 Å². The summed E-state index contributed by atoms with van der Waals surface area (Å²) in [6, 6.07) is 60.1. The van der Waals surface area contributed by atoms with Gasteiger partial charge in [0.2, 0.25) is 0 Å². The molecule has 0 bridgehead atoms. The second-order valence-corrected chi connectivity index (χ2v) is 12.4. The first kappa shape index (κ1) is 26.8. The molecule has 10 rings (SSSR count). The standard InChI is InChI=1S/C46H28O2/c1-3-14-29(15-4-1)32-18-7-8-19-33(32)42-34-20-9-11-22-36(34)43(37-23-12-10-21-35(37)42)38-24-13-25-39-44-40(47-46(38)39)27-26-31-28-41(48-45(31)44)30-16-5-2-6-17-30/h1-28H. The molecule has 2 nitrogen and oxygen atoms in total. The number of hydrogen-bond acceptors (Lipinski definition) is 2. The van der Waals surface area contributed by atoms with Gasteiger partial charge in [-0.05, 0) is 62.0 Å². The van der Waals surface area contributed by atoms with E-state index in [-0.39, 0.29) is 0 Å². The van der Waals surface area contributed by atoms with Crippen LogP contribution < -0.4 is 0 Å². The third kappa shape index (κ3) is 4.00. The summed E-state index contributed by atoms with van der Waals surface area (Å²) >= 11 is 0. The summed E-state index contributed by atoms with van der Waals surface area (Å²) in [5.41, 5.74) is 10.7. The van der Waals surface area contributed by atoms with Gasteiger partial charge in [0.15, 0.2) is 0 Å². The van der Waals surface area contributed by atoms with Crippen molar-refractivity contribution in [3.8, 4) is 44.7 Å². The molecule has 0 aliphatic heterocycles. The topological polar surface area (TPSA) is 26.3 Å². The summed E-state index contributed by atoms with van der Waals surface area (Å²) in [5, 5.41) is 7.93. The highest BCUT2D eigenvalue weighted by Gasteiger charge is 2.22. The van der Waals surface area contributed by atoms with E-state index in [0.717, 1.165) is 49.8 Å². The number of para-hydroxylation sites is 1. The van der Waals surface area contributed by atoms with E-state index < -0.39 is 0 Å². The number of hydrogen-bond donors (Lipinski definition) is 0. The Kier molecular flexibility index (Phi) is 5.91.